The molecule has 0 saturated heterocycles. The summed E-state index contributed by atoms with van der Waals surface area (Å²) in [5.41, 5.74) is 1.80. The summed E-state index contributed by atoms with van der Waals surface area (Å²) in [7, 11) is 1.88. The SMILES string of the molecule is CNCc1cccc(OCC(=O)Nc2ccc(Cl)cc2)c1. The highest BCUT2D eigenvalue weighted by Crippen LogP contribution is 2.15. The molecule has 0 spiro atoms. The fraction of sp³-hybridized carbons (Fsp3) is 0.188. The van der Waals surface area contributed by atoms with E-state index >= 15 is 0 Å². The molecule has 0 bridgehead atoms. The highest BCUT2D eigenvalue weighted by Gasteiger charge is 2.04. The van der Waals surface area contributed by atoms with Crippen molar-refractivity contribution in [3.8, 4) is 5.75 Å². The smallest absolute Gasteiger partial charge is 0.262 e. The van der Waals surface area contributed by atoms with Gasteiger partial charge in [0.05, 0.1) is 0 Å². The Morgan fingerprint density at radius 2 is 1.95 bits per heavy atom. The molecule has 5 heteroatoms. The standard InChI is InChI=1S/C16H17ClN2O2/c1-18-10-12-3-2-4-15(9-12)21-11-16(20)19-14-7-5-13(17)6-8-14/h2-9,18H,10-11H2,1H3,(H,19,20). The van der Waals surface area contributed by atoms with Crippen LogP contribution in [0.15, 0.2) is 48.5 Å². The lowest BCUT2D eigenvalue weighted by Gasteiger charge is -2.09. The summed E-state index contributed by atoms with van der Waals surface area (Å²) in [5.74, 6) is 0.463. The van der Waals surface area contributed by atoms with Crippen molar-refractivity contribution in [2.75, 3.05) is 19.0 Å². The predicted octanol–water partition coefficient (Wildman–Crippen LogP) is 3.08. The molecule has 0 fully saturated rings. The summed E-state index contributed by atoms with van der Waals surface area (Å²) in [6.07, 6.45) is 0. The van der Waals surface area contributed by atoms with Crippen LogP contribution in [0.4, 0.5) is 5.69 Å². The number of nitrogens with one attached hydrogen (secondary N) is 2. The maximum atomic E-state index is 11.8. The highest BCUT2D eigenvalue weighted by atomic mass is 35.5. The minimum absolute atomic E-state index is 0.0361. The number of carbonyl (C=O) groups excluding carboxylic acids is 1. The molecule has 0 aliphatic rings. The van der Waals surface area contributed by atoms with E-state index in [1.807, 2.05) is 31.3 Å². The van der Waals surface area contributed by atoms with Crippen molar-refractivity contribution in [3.05, 3.63) is 59.1 Å². The average Bonchev–Trinajstić information content (AvgIpc) is 2.48. The van der Waals surface area contributed by atoms with E-state index in [0.29, 0.717) is 16.5 Å². The Hall–Kier alpha value is -2.04. The number of benzene rings is 2. The second-order valence-corrected chi connectivity index (χ2v) is 4.96. The van der Waals surface area contributed by atoms with Crippen LogP contribution in [-0.4, -0.2) is 19.6 Å². The lowest BCUT2D eigenvalue weighted by Crippen LogP contribution is -2.20. The van der Waals surface area contributed by atoms with E-state index in [9.17, 15) is 4.79 Å². The van der Waals surface area contributed by atoms with Gasteiger partial charge in [-0.25, -0.2) is 0 Å². The molecule has 4 nitrogen and oxygen atoms in total. The van der Waals surface area contributed by atoms with E-state index in [1.165, 1.54) is 0 Å². The van der Waals surface area contributed by atoms with Gasteiger partial charge in [0.25, 0.3) is 5.91 Å². The van der Waals surface area contributed by atoms with Crippen molar-refractivity contribution in [1.29, 1.82) is 0 Å². The number of carbonyl (C=O) groups is 1. The van der Waals surface area contributed by atoms with Crippen molar-refractivity contribution in [2.24, 2.45) is 0 Å². The molecule has 0 saturated carbocycles. The second-order valence-electron chi connectivity index (χ2n) is 4.52. The van der Waals surface area contributed by atoms with Crippen molar-refractivity contribution in [3.63, 3.8) is 0 Å². The van der Waals surface area contributed by atoms with Gasteiger partial charge in [-0.15, -0.1) is 0 Å². The Bertz CT molecular complexity index is 599. The van der Waals surface area contributed by atoms with Gasteiger partial charge in [0.2, 0.25) is 0 Å². The van der Waals surface area contributed by atoms with Gasteiger partial charge in [-0.3, -0.25) is 4.79 Å². The monoisotopic (exact) mass is 304 g/mol. The maximum Gasteiger partial charge on any atom is 0.262 e. The first-order valence-corrected chi connectivity index (χ1v) is 6.97. The minimum atomic E-state index is -0.212. The van der Waals surface area contributed by atoms with Crippen LogP contribution in [0.5, 0.6) is 5.75 Å². The van der Waals surface area contributed by atoms with E-state index in [2.05, 4.69) is 10.6 Å². The number of ether oxygens (including phenoxy) is 1. The summed E-state index contributed by atoms with van der Waals surface area (Å²) in [6, 6.07) is 14.6. The third kappa shape index (κ3) is 5.10. The Morgan fingerprint density at radius 3 is 2.67 bits per heavy atom. The zero-order valence-electron chi connectivity index (χ0n) is 11.7. The lowest BCUT2D eigenvalue weighted by atomic mass is 10.2. The van der Waals surface area contributed by atoms with Gasteiger partial charge in [-0.2, -0.15) is 0 Å². The van der Waals surface area contributed by atoms with Gasteiger partial charge in [-0.1, -0.05) is 23.7 Å². The van der Waals surface area contributed by atoms with E-state index in [-0.39, 0.29) is 12.5 Å². The van der Waals surface area contributed by atoms with E-state index in [4.69, 9.17) is 16.3 Å². The molecule has 0 radical (unpaired) electrons. The molecule has 0 aliphatic heterocycles. The Labute approximate surface area is 129 Å². The van der Waals surface area contributed by atoms with Gasteiger partial charge in [0.15, 0.2) is 6.61 Å². The lowest BCUT2D eigenvalue weighted by molar-refractivity contribution is -0.118. The fourth-order valence-electron chi connectivity index (χ4n) is 1.83. The zero-order valence-corrected chi connectivity index (χ0v) is 12.5. The molecule has 2 aromatic rings. The summed E-state index contributed by atoms with van der Waals surface area (Å²) in [5, 5.41) is 6.44. The Morgan fingerprint density at radius 1 is 1.19 bits per heavy atom. The quantitative estimate of drug-likeness (QED) is 0.862. The summed E-state index contributed by atoms with van der Waals surface area (Å²) >= 11 is 5.79. The molecule has 0 aromatic heterocycles. The normalized spacial score (nSPS) is 10.2. The maximum absolute atomic E-state index is 11.8. The number of hydrogen-bond donors (Lipinski definition) is 2. The molecule has 1 amide bonds. The number of rotatable bonds is 6. The summed E-state index contributed by atoms with van der Waals surface area (Å²) in [6.45, 7) is 0.722. The molecule has 0 atom stereocenters. The van der Waals surface area contributed by atoms with Gasteiger partial charge < -0.3 is 15.4 Å². The molecule has 0 heterocycles. The molecule has 0 unspecified atom stereocenters. The molecular formula is C16H17ClN2O2. The van der Waals surface area contributed by atoms with Crippen molar-refractivity contribution in [2.45, 2.75) is 6.54 Å². The summed E-state index contributed by atoms with van der Waals surface area (Å²) < 4.78 is 5.48. The third-order valence-electron chi connectivity index (χ3n) is 2.78. The van der Waals surface area contributed by atoms with Crippen LogP contribution in [0.2, 0.25) is 5.02 Å². The average molecular weight is 305 g/mol. The minimum Gasteiger partial charge on any atom is -0.484 e. The van der Waals surface area contributed by atoms with Crippen LogP contribution in [0.25, 0.3) is 0 Å². The van der Waals surface area contributed by atoms with Crippen LogP contribution < -0.4 is 15.4 Å². The number of hydrogen-bond acceptors (Lipinski definition) is 3. The van der Waals surface area contributed by atoms with Crippen molar-refractivity contribution < 1.29 is 9.53 Å². The number of halogens is 1. The van der Waals surface area contributed by atoms with Crippen LogP contribution in [0.1, 0.15) is 5.56 Å². The topological polar surface area (TPSA) is 50.4 Å². The van der Waals surface area contributed by atoms with Gasteiger partial charge >= 0.3 is 0 Å². The zero-order chi connectivity index (χ0) is 15.1. The van der Waals surface area contributed by atoms with E-state index in [1.54, 1.807) is 24.3 Å². The molecular weight excluding hydrogens is 288 g/mol. The molecule has 2 N–H and O–H groups in total. The van der Waals surface area contributed by atoms with Crippen molar-refractivity contribution in [1.82, 2.24) is 5.32 Å². The van der Waals surface area contributed by atoms with E-state index < -0.39 is 0 Å². The highest BCUT2D eigenvalue weighted by molar-refractivity contribution is 6.30. The second kappa shape index (κ2) is 7.67. The summed E-state index contributed by atoms with van der Waals surface area (Å²) in [4.78, 5) is 11.8. The molecule has 0 aliphatic carbocycles. The van der Waals surface area contributed by atoms with Crippen LogP contribution in [0.3, 0.4) is 0 Å². The first-order chi connectivity index (χ1) is 10.2. The van der Waals surface area contributed by atoms with Gasteiger partial charge in [0, 0.05) is 17.3 Å². The van der Waals surface area contributed by atoms with E-state index in [0.717, 1.165) is 12.1 Å². The predicted molar refractivity (Wildman–Crippen MR) is 84.8 cm³/mol. The fourth-order valence-corrected chi connectivity index (χ4v) is 1.95. The Kier molecular flexibility index (Phi) is 5.60. The first kappa shape index (κ1) is 15.4. The molecule has 110 valence electrons. The molecule has 2 aromatic carbocycles. The molecule has 2 rings (SSSR count). The largest absolute Gasteiger partial charge is 0.484 e. The van der Waals surface area contributed by atoms with Crippen LogP contribution >= 0.6 is 11.6 Å². The Balaban J connectivity index is 1.86. The van der Waals surface area contributed by atoms with Gasteiger partial charge in [0.1, 0.15) is 5.75 Å². The number of anilines is 1. The number of amides is 1. The van der Waals surface area contributed by atoms with Crippen molar-refractivity contribution >= 4 is 23.2 Å². The molecule has 21 heavy (non-hydrogen) atoms. The van der Waals surface area contributed by atoms with Crippen LogP contribution in [0, 0.1) is 0 Å². The first-order valence-electron chi connectivity index (χ1n) is 6.59. The van der Waals surface area contributed by atoms with Gasteiger partial charge in [-0.05, 0) is 49.0 Å². The third-order valence-corrected chi connectivity index (χ3v) is 3.03. The van der Waals surface area contributed by atoms with Crippen LogP contribution in [-0.2, 0) is 11.3 Å².